The maximum absolute atomic E-state index is 10.7. The average molecular weight is 285 g/mol. The molecule has 1 rings (SSSR count). The van der Waals surface area contributed by atoms with Crippen LogP contribution in [0.4, 0.5) is 0 Å². The Morgan fingerprint density at radius 2 is 1.60 bits per heavy atom. The van der Waals surface area contributed by atoms with Gasteiger partial charge in [0.15, 0.2) is 11.3 Å². The van der Waals surface area contributed by atoms with Crippen molar-refractivity contribution in [3.8, 4) is 0 Å². The summed E-state index contributed by atoms with van der Waals surface area (Å²) < 4.78 is 4.23. The molecule has 0 spiro atoms. The van der Waals surface area contributed by atoms with Gasteiger partial charge in [0.1, 0.15) is 0 Å². The molecular formula is C13H19NO6. The summed E-state index contributed by atoms with van der Waals surface area (Å²) in [6.45, 7) is 4.52. The van der Waals surface area contributed by atoms with Crippen molar-refractivity contribution in [3.05, 3.63) is 12.7 Å². The normalized spacial score (nSPS) is 16.1. The number of hydrogen-bond acceptors (Lipinski definition) is 5. The first-order chi connectivity index (χ1) is 9.26. The van der Waals surface area contributed by atoms with Crippen molar-refractivity contribution in [3.63, 3.8) is 0 Å². The number of rotatable bonds is 3. The van der Waals surface area contributed by atoms with Crippen LogP contribution >= 0.6 is 0 Å². The summed E-state index contributed by atoms with van der Waals surface area (Å²) in [6.07, 6.45) is 3.92. The highest BCUT2D eigenvalue weighted by Gasteiger charge is 2.46. The van der Waals surface area contributed by atoms with Gasteiger partial charge in [-0.05, 0) is 12.8 Å². The number of carboxylic acid groups (broad SMARTS) is 2. The van der Waals surface area contributed by atoms with Crippen LogP contribution in [0, 0.1) is 10.8 Å². The average Bonchev–Trinajstić information content (AvgIpc) is 2.39. The number of carbonyl (C=O) groups excluding carboxylic acids is 1. The second-order valence-corrected chi connectivity index (χ2v) is 4.43. The summed E-state index contributed by atoms with van der Waals surface area (Å²) in [7, 11) is 0. The Kier molecular flexibility index (Phi) is 7.20. The van der Waals surface area contributed by atoms with Crippen molar-refractivity contribution in [2.45, 2.75) is 39.0 Å². The molecule has 3 N–H and O–H groups in total. The number of carbonyl (C=O) groups is 3. The molecule has 0 bridgehead atoms. The third-order valence-electron chi connectivity index (χ3n) is 2.95. The molecular weight excluding hydrogens is 266 g/mol. The van der Waals surface area contributed by atoms with Crippen LogP contribution in [0.1, 0.15) is 39.0 Å². The van der Waals surface area contributed by atoms with E-state index in [1.54, 1.807) is 0 Å². The van der Waals surface area contributed by atoms with Crippen molar-refractivity contribution in [2.24, 2.45) is 5.41 Å². The van der Waals surface area contributed by atoms with Gasteiger partial charge in [-0.25, -0.2) is 4.79 Å². The van der Waals surface area contributed by atoms with Crippen LogP contribution in [0.5, 0.6) is 0 Å². The molecule has 0 aromatic carbocycles. The first kappa shape index (κ1) is 17.8. The lowest BCUT2D eigenvalue weighted by atomic mass is 9.74. The molecule has 1 fully saturated rings. The van der Waals surface area contributed by atoms with Gasteiger partial charge in [-0.15, -0.1) is 0 Å². The van der Waals surface area contributed by atoms with E-state index in [4.69, 9.17) is 15.6 Å². The molecule has 0 aliphatic heterocycles. The zero-order valence-electron chi connectivity index (χ0n) is 11.3. The monoisotopic (exact) mass is 285 g/mol. The number of ether oxygens (including phenoxy) is 1. The molecule has 0 aromatic rings. The molecule has 20 heavy (non-hydrogen) atoms. The minimum absolute atomic E-state index is 0.116. The van der Waals surface area contributed by atoms with Crippen LogP contribution in [0.3, 0.4) is 0 Å². The quantitative estimate of drug-likeness (QED) is 0.239. The van der Waals surface area contributed by atoms with E-state index >= 15 is 0 Å². The van der Waals surface area contributed by atoms with Crippen LogP contribution in [-0.4, -0.2) is 34.0 Å². The van der Waals surface area contributed by atoms with Crippen LogP contribution in [0.15, 0.2) is 12.7 Å². The molecule has 112 valence electrons. The van der Waals surface area contributed by atoms with Crippen LogP contribution < -0.4 is 0 Å². The Bertz CT molecular complexity index is 393. The molecule has 0 atom stereocenters. The standard InChI is InChI=1S/C8H12O4.C5H7NO2/c9-6(10)8(7(11)12)4-2-1-3-5-8;1-3-5(7)8-4(2)6/h1-5H2,(H,9,10)(H,11,12);3,6H,1H2,2H3. The van der Waals surface area contributed by atoms with Crippen molar-refractivity contribution >= 4 is 23.8 Å². The molecule has 1 aliphatic carbocycles. The number of nitrogens with one attached hydrogen (secondary N) is 1. The van der Waals surface area contributed by atoms with Gasteiger partial charge < -0.3 is 14.9 Å². The molecule has 0 saturated heterocycles. The van der Waals surface area contributed by atoms with E-state index < -0.39 is 23.3 Å². The number of hydrogen-bond donors (Lipinski definition) is 3. The number of esters is 1. The van der Waals surface area contributed by atoms with E-state index in [2.05, 4.69) is 11.3 Å². The SMILES string of the molecule is C=CC(=O)OC(C)=N.O=C(O)C1(C(=O)O)CCCCC1. The van der Waals surface area contributed by atoms with Crippen molar-refractivity contribution < 1.29 is 29.3 Å². The zero-order valence-corrected chi connectivity index (χ0v) is 11.3. The summed E-state index contributed by atoms with van der Waals surface area (Å²) in [4.78, 5) is 31.6. The highest BCUT2D eigenvalue weighted by molar-refractivity contribution is 5.98. The van der Waals surface area contributed by atoms with E-state index in [9.17, 15) is 14.4 Å². The topological polar surface area (TPSA) is 125 Å². The van der Waals surface area contributed by atoms with E-state index in [1.807, 2.05) is 0 Å². The summed E-state index contributed by atoms with van der Waals surface area (Å²) in [5, 5.41) is 24.2. The first-order valence-corrected chi connectivity index (χ1v) is 6.12. The fraction of sp³-hybridized carbons (Fsp3) is 0.538. The Morgan fingerprint density at radius 1 is 1.15 bits per heavy atom. The summed E-state index contributed by atoms with van der Waals surface area (Å²) in [5.74, 6) is -3.07. The summed E-state index contributed by atoms with van der Waals surface area (Å²) in [5.41, 5.74) is -1.49. The zero-order chi connectivity index (χ0) is 15.8. The van der Waals surface area contributed by atoms with Gasteiger partial charge in [0.25, 0.3) is 0 Å². The smallest absolute Gasteiger partial charge is 0.336 e. The van der Waals surface area contributed by atoms with Gasteiger partial charge in [0.2, 0.25) is 0 Å². The molecule has 0 heterocycles. The Labute approximate surface area is 116 Å². The van der Waals surface area contributed by atoms with E-state index in [1.165, 1.54) is 6.92 Å². The minimum Gasteiger partial charge on any atom is -0.480 e. The molecule has 0 amide bonds. The molecule has 0 unspecified atom stereocenters. The molecule has 7 nitrogen and oxygen atoms in total. The highest BCUT2D eigenvalue weighted by Crippen LogP contribution is 2.36. The number of carboxylic acids is 2. The lowest BCUT2D eigenvalue weighted by Crippen LogP contribution is -2.40. The fourth-order valence-corrected chi connectivity index (χ4v) is 1.87. The molecule has 0 radical (unpaired) electrons. The maximum Gasteiger partial charge on any atom is 0.336 e. The predicted octanol–water partition coefficient (Wildman–Crippen LogP) is 1.82. The molecule has 1 aliphatic rings. The van der Waals surface area contributed by atoms with Crippen molar-refractivity contribution in [2.75, 3.05) is 0 Å². The molecule has 7 heteroatoms. The summed E-state index contributed by atoms with van der Waals surface area (Å²) >= 11 is 0. The predicted molar refractivity (Wildman–Crippen MR) is 70.5 cm³/mol. The van der Waals surface area contributed by atoms with Gasteiger partial charge >= 0.3 is 17.9 Å². The Morgan fingerprint density at radius 3 is 1.80 bits per heavy atom. The van der Waals surface area contributed by atoms with Gasteiger partial charge in [0, 0.05) is 13.0 Å². The van der Waals surface area contributed by atoms with E-state index in [-0.39, 0.29) is 18.7 Å². The van der Waals surface area contributed by atoms with E-state index in [0.29, 0.717) is 12.8 Å². The van der Waals surface area contributed by atoms with Crippen molar-refractivity contribution in [1.82, 2.24) is 0 Å². The lowest BCUT2D eigenvalue weighted by Gasteiger charge is -2.28. The Hall–Kier alpha value is -2.18. The second kappa shape index (κ2) is 8.08. The largest absolute Gasteiger partial charge is 0.480 e. The van der Waals surface area contributed by atoms with E-state index in [0.717, 1.165) is 12.5 Å². The van der Waals surface area contributed by atoms with Gasteiger partial charge in [0.05, 0.1) is 0 Å². The minimum atomic E-state index is -1.49. The van der Waals surface area contributed by atoms with Crippen LogP contribution in [0.2, 0.25) is 0 Å². The highest BCUT2D eigenvalue weighted by atomic mass is 16.5. The first-order valence-electron chi connectivity index (χ1n) is 6.12. The maximum atomic E-state index is 10.7. The van der Waals surface area contributed by atoms with Gasteiger partial charge in [-0.2, -0.15) is 0 Å². The van der Waals surface area contributed by atoms with Gasteiger partial charge in [-0.1, -0.05) is 25.8 Å². The third kappa shape index (κ3) is 5.21. The third-order valence-corrected chi connectivity index (χ3v) is 2.95. The van der Waals surface area contributed by atoms with Crippen LogP contribution in [-0.2, 0) is 19.1 Å². The van der Waals surface area contributed by atoms with Gasteiger partial charge in [-0.3, -0.25) is 15.0 Å². The molecule has 0 aromatic heterocycles. The fourth-order valence-electron chi connectivity index (χ4n) is 1.87. The second-order valence-electron chi connectivity index (χ2n) is 4.43. The van der Waals surface area contributed by atoms with Crippen LogP contribution in [0.25, 0.3) is 0 Å². The number of aliphatic carboxylic acids is 2. The lowest BCUT2D eigenvalue weighted by molar-refractivity contribution is -0.167. The van der Waals surface area contributed by atoms with Crippen molar-refractivity contribution in [1.29, 1.82) is 5.41 Å². The summed E-state index contributed by atoms with van der Waals surface area (Å²) in [6, 6.07) is 0. The Balaban J connectivity index is 0.000000396. The molecule has 1 saturated carbocycles.